The van der Waals surface area contributed by atoms with E-state index in [9.17, 15) is 23.2 Å². The molecule has 4 aromatic rings. The number of ether oxygens (including phenoxy) is 2. The molecule has 0 spiro atoms. The minimum absolute atomic E-state index is 0.114. The van der Waals surface area contributed by atoms with Crippen LogP contribution in [-0.2, 0) is 32.1 Å². The van der Waals surface area contributed by atoms with Gasteiger partial charge in [-0.05, 0) is 46.5 Å². The quantitative estimate of drug-likeness (QED) is 0.271. The van der Waals surface area contributed by atoms with Crippen molar-refractivity contribution < 1.29 is 32.6 Å². The number of nitrogens with one attached hydrogen (secondary N) is 2. The minimum atomic E-state index is -1.21. The van der Waals surface area contributed by atoms with Crippen LogP contribution in [0.25, 0.3) is 0 Å². The Balaban J connectivity index is 1.41. The summed E-state index contributed by atoms with van der Waals surface area (Å²) in [5.41, 5.74) is 2.15. The van der Waals surface area contributed by atoms with E-state index in [1.807, 2.05) is 54.6 Å². The molecule has 232 valence electrons. The van der Waals surface area contributed by atoms with Crippen LogP contribution >= 0.6 is 0 Å². The third-order valence-corrected chi connectivity index (χ3v) is 7.48. The zero-order chi connectivity index (χ0) is 31.8. The summed E-state index contributed by atoms with van der Waals surface area (Å²) < 4.78 is 38.9. The number of benzene rings is 4. The highest BCUT2D eigenvalue weighted by Crippen LogP contribution is 2.27. The molecule has 3 amide bonds. The third kappa shape index (κ3) is 8.10. The molecule has 0 unspecified atom stereocenters. The number of carbonyl (C=O) groups excluding carboxylic acids is 3. The van der Waals surface area contributed by atoms with Crippen LogP contribution in [0.3, 0.4) is 0 Å². The first-order valence-corrected chi connectivity index (χ1v) is 14.5. The second-order valence-corrected chi connectivity index (χ2v) is 10.7. The van der Waals surface area contributed by atoms with Crippen LogP contribution < -0.4 is 15.4 Å². The van der Waals surface area contributed by atoms with Gasteiger partial charge in [0.15, 0.2) is 0 Å². The largest absolute Gasteiger partial charge is 0.497 e. The lowest BCUT2D eigenvalue weighted by Crippen LogP contribution is -2.53. The molecule has 3 atom stereocenters. The maximum atomic E-state index is 14.1. The van der Waals surface area contributed by atoms with Gasteiger partial charge >= 0.3 is 0 Å². The van der Waals surface area contributed by atoms with Crippen LogP contribution in [-0.4, -0.2) is 48.9 Å². The molecule has 0 aromatic heterocycles. The molecule has 8 nitrogen and oxygen atoms in total. The fourth-order valence-corrected chi connectivity index (χ4v) is 5.29. The van der Waals surface area contributed by atoms with Gasteiger partial charge in [-0.3, -0.25) is 14.4 Å². The molecule has 5 rings (SSSR count). The van der Waals surface area contributed by atoms with Crippen molar-refractivity contribution >= 4 is 17.7 Å². The normalized spacial score (nSPS) is 17.2. The Bertz CT molecular complexity index is 1600. The van der Waals surface area contributed by atoms with E-state index in [-0.39, 0.29) is 31.0 Å². The summed E-state index contributed by atoms with van der Waals surface area (Å²) in [5.74, 6) is -2.56. The summed E-state index contributed by atoms with van der Waals surface area (Å²) in [6, 6.07) is 25.5. The lowest BCUT2D eigenvalue weighted by atomic mass is 9.99. The summed E-state index contributed by atoms with van der Waals surface area (Å²) in [7, 11) is 1.58. The van der Waals surface area contributed by atoms with E-state index in [0.717, 1.165) is 17.7 Å². The van der Waals surface area contributed by atoms with Gasteiger partial charge in [0.1, 0.15) is 35.6 Å². The van der Waals surface area contributed by atoms with E-state index in [4.69, 9.17) is 9.47 Å². The molecule has 1 fully saturated rings. The van der Waals surface area contributed by atoms with Gasteiger partial charge in [0, 0.05) is 19.2 Å². The number of carbonyl (C=O) groups is 3. The van der Waals surface area contributed by atoms with Gasteiger partial charge in [-0.15, -0.1) is 0 Å². The van der Waals surface area contributed by atoms with Crippen LogP contribution in [0.4, 0.5) is 8.78 Å². The molecule has 0 saturated carbocycles. The van der Waals surface area contributed by atoms with Crippen molar-refractivity contribution in [2.24, 2.45) is 0 Å². The Morgan fingerprint density at radius 2 is 1.56 bits per heavy atom. The Hall–Kier alpha value is -5.09. The van der Waals surface area contributed by atoms with E-state index in [1.54, 1.807) is 42.3 Å². The molecule has 1 heterocycles. The van der Waals surface area contributed by atoms with E-state index < -0.39 is 41.6 Å². The topological polar surface area (TPSA) is 97.0 Å². The Kier molecular flexibility index (Phi) is 10.2. The van der Waals surface area contributed by atoms with Crippen LogP contribution in [0.2, 0.25) is 0 Å². The highest BCUT2D eigenvalue weighted by molar-refractivity contribution is 5.93. The molecule has 0 aliphatic carbocycles. The van der Waals surface area contributed by atoms with Gasteiger partial charge < -0.3 is 25.0 Å². The van der Waals surface area contributed by atoms with Gasteiger partial charge in [0.25, 0.3) is 0 Å². The first-order chi connectivity index (χ1) is 21.8. The van der Waals surface area contributed by atoms with E-state index >= 15 is 0 Å². The van der Waals surface area contributed by atoms with E-state index in [2.05, 4.69) is 10.6 Å². The standard InChI is InChI=1S/C35H33F2N3O5/c1-44-29-14-12-23(13-15-29)22-40-16-17-45-33(26-10-6-3-7-11-26)32(35(40)43)39-34(42)31(25-8-4-2-5-9-25)38-30(41)20-24-18-27(36)21-28(37)19-24/h2-15,18-19,21,31-33H,16-17,20,22H2,1H3,(H,38,41)(H,39,42)/t31-,32-,33+/m0/s1. The number of halogens is 2. The first-order valence-electron chi connectivity index (χ1n) is 14.5. The van der Waals surface area contributed by atoms with Gasteiger partial charge in [-0.1, -0.05) is 72.8 Å². The molecule has 0 radical (unpaired) electrons. The van der Waals surface area contributed by atoms with Gasteiger partial charge in [0.05, 0.1) is 20.1 Å². The molecule has 2 N–H and O–H groups in total. The van der Waals surface area contributed by atoms with Crippen LogP contribution in [0.5, 0.6) is 5.75 Å². The smallest absolute Gasteiger partial charge is 0.248 e. The van der Waals surface area contributed by atoms with Crippen LogP contribution in [0.1, 0.15) is 34.4 Å². The zero-order valence-corrected chi connectivity index (χ0v) is 24.6. The SMILES string of the molecule is COc1ccc(CN2CCO[C@H](c3ccccc3)[C@H](NC(=O)[C@@H](NC(=O)Cc3cc(F)cc(F)c3)c3ccccc3)C2=O)cc1. The van der Waals surface area contributed by atoms with Crippen LogP contribution in [0, 0.1) is 11.6 Å². The minimum Gasteiger partial charge on any atom is -0.497 e. The summed E-state index contributed by atoms with van der Waals surface area (Å²) in [5, 5.41) is 5.55. The fraction of sp³-hybridized carbons (Fsp3) is 0.229. The van der Waals surface area contributed by atoms with Gasteiger partial charge in [0.2, 0.25) is 17.7 Å². The third-order valence-electron chi connectivity index (χ3n) is 7.48. The Morgan fingerprint density at radius 1 is 0.911 bits per heavy atom. The molecule has 4 aromatic carbocycles. The molecule has 1 aliphatic heterocycles. The second-order valence-electron chi connectivity index (χ2n) is 10.7. The number of amides is 3. The Morgan fingerprint density at radius 3 is 2.20 bits per heavy atom. The van der Waals surface area contributed by atoms with E-state index in [1.165, 1.54) is 0 Å². The summed E-state index contributed by atoms with van der Waals surface area (Å²) in [6.45, 7) is 0.809. The number of rotatable bonds is 10. The molecule has 45 heavy (non-hydrogen) atoms. The van der Waals surface area contributed by atoms with Crippen LogP contribution in [0.15, 0.2) is 103 Å². The molecule has 1 aliphatic rings. The second kappa shape index (κ2) is 14.6. The maximum Gasteiger partial charge on any atom is 0.248 e. The number of nitrogens with zero attached hydrogens (tertiary/aromatic N) is 1. The summed E-state index contributed by atoms with van der Waals surface area (Å²) in [4.78, 5) is 42.8. The Labute approximate surface area is 260 Å². The van der Waals surface area contributed by atoms with Crippen molar-refractivity contribution in [1.29, 1.82) is 0 Å². The predicted octanol–water partition coefficient (Wildman–Crippen LogP) is 4.66. The fourth-order valence-electron chi connectivity index (χ4n) is 5.29. The summed E-state index contributed by atoms with van der Waals surface area (Å²) in [6.07, 6.45) is -1.16. The summed E-state index contributed by atoms with van der Waals surface area (Å²) >= 11 is 0. The zero-order valence-electron chi connectivity index (χ0n) is 24.6. The van der Waals surface area contributed by atoms with Gasteiger partial charge in [-0.25, -0.2) is 8.78 Å². The molecule has 10 heteroatoms. The highest BCUT2D eigenvalue weighted by Gasteiger charge is 2.39. The first kappa shape index (κ1) is 31.3. The van der Waals surface area contributed by atoms with Crippen molar-refractivity contribution in [3.05, 3.63) is 137 Å². The lowest BCUT2D eigenvalue weighted by Gasteiger charge is -2.30. The molecular weight excluding hydrogens is 580 g/mol. The van der Waals surface area contributed by atoms with E-state index in [0.29, 0.717) is 29.5 Å². The predicted molar refractivity (Wildman–Crippen MR) is 163 cm³/mol. The number of methoxy groups -OCH3 is 1. The van der Waals surface area contributed by atoms with Crippen molar-refractivity contribution in [3.8, 4) is 5.75 Å². The van der Waals surface area contributed by atoms with Crippen molar-refractivity contribution in [2.45, 2.75) is 31.2 Å². The average molecular weight is 614 g/mol. The molecular formula is C35H33F2N3O5. The number of hydrogen-bond donors (Lipinski definition) is 2. The monoisotopic (exact) mass is 613 g/mol. The number of hydrogen-bond acceptors (Lipinski definition) is 5. The maximum absolute atomic E-state index is 14.1. The molecule has 0 bridgehead atoms. The van der Waals surface area contributed by atoms with Crippen molar-refractivity contribution in [3.63, 3.8) is 0 Å². The van der Waals surface area contributed by atoms with Gasteiger partial charge in [-0.2, -0.15) is 0 Å². The van der Waals surface area contributed by atoms with Crippen molar-refractivity contribution in [2.75, 3.05) is 20.3 Å². The lowest BCUT2D eigenvalue weighted by molar-refractivity contribution is -0.139. The molecule has 1 saturated heterocycles. The van der Waals surface area contributed by atoms with Crippen molar-refractivity contribution in [1.82, 2.24) is 15.5 Å². The highest BCUT2D eigenvalue weighted by atomic mass is 19.1. The average Bonchev–Trinajstić information content (AvgIpc) is 3.18.